The lowest BCUT2D eigenvalue weighted by Crippen LogP contribution is -2.46. The first-order valence-electron chi connectivity index (χ1n) is 9.41. The lowest BCUT2D eigenvalue weighted by Gasteiger charge is -2.41. The van der Waals surface area contributed by atoms with E-state index in [0.29, 0.717) is 31.6 Å². The van der Waals surface area contributed by atoms with E-state index in [9.17, 15) is 18.3 Å². The summed E-state index contributed by atoms with van der Waals surface area (Å²) in [5.41, 5.74) is 0.503. The molecular weight excluding hydrogens is 404 g/mol. The van der Waals surface area contributed by atoms with Gasteiger partial charge < -0.3 is 14.6 Å². The number of ether oxygens (including phenoxy) is 2. The van der Waals surface area contributed by atoms with Gasteiger partial charge in [-0.25, -0.2) is 8.42 Å². The number of sulfone groups is 1. The minimum absolute atomic E-state index is 0.00787. The number of carboxylic acids is 1. The summed E-state index contributed by atoms with van der Waals surface area (Å²) >= 11 is 6.11. The van der Waals surface area contributed by atoms with Gasteiger partial charge in [0.25, 0.3) is 0 Å². The fraction of sp³-hybridized carbons (Fsp3) is 0.650. The van der Waals surface area contributed by atoms with Crippen molar-refractivity contribution >= 4 is 27.4 Å². The van der Waals surface area contributed by atoms with Crippen molar-refractivity contribution in [3.63, 3.8) is 0 Å². The molecule has 6 nitrogen and oxygen atoms in total. The van der Waals surface area contributed by atoms with Crippen LogP contribution in [-0.2, 0) is 24.1 Å². The van der Waals surface area contributed by atoms with Crippen LogP contribution in [0.25, 0.3) is 0 Å². The van der Waals surface area contributed by atoms with E-state index in [-0.39, 0.29) is 21.3 Å². The molecule has 3 rings (SSSR count). The normalized spacial score (nSPS) is 24.9. The Balaban J connectivity index is 1.73. The number of carboxylic acid groups (broad SMARTS) is 1. The maximum Gasteiger partial charge on any atom is 0.310 e. The fourth-order valence-electron chi connectivity index (χ4n) is 4.02. The van der Waals surface area contributed by atoms with Crippen LogP contribution in [0.15, 0.2) is 23.1 Å². The van der Waals surface area contributed by atoms with Crippen LogP contribution in [0.3, 0.4) is 0 Å². The van der Waals surface area contributed by atoms with Crippen LogP contribution in [0, 0.1) is 11.3 Å². The highest BCUT2D eigenvalue weighted by molar-refractivity contribution is 7.90. The second-order valence-electron chi connectivity index (χ2n) is 8.85. The summed E-state index contributed by atoms with van der Waals surface area (Å²) in [4.78, 5) is 11.9. The van der Waals surface area contributed by atoms with Gasteiger partial charge >= 0.3 is 5.97 Å². The van der Waals surface area contributed by atoms with E-state index >= 15 is 0 Å². The first-order chi connectivity index (χ1) is 12.9. The second kappa shape index (κ2) is 7.59. The Morgan fingerprint density at radius 3 is 2.50 bits per heavy atom. The summed E-state index contributed by atoms with van der Waals surface area (Å²) in [6.07, 6.45) is 3.77. The smallest absolute Gasteiger partial charge is 0.310 e. The van der Waals surface area contributed by atoms with E-state index in [1.54, 1.807) is 6.07 Å². The number of rotatable bonds is 5. The van der Waals surface area contributed by atoms with Gasteiger partial charge in [0, 0.05) is 24.5 Å². The zero-order valence-corrected chi connectivity index (χ0v) is 18.0. The second-order valence-corrected chi connectivity index (χ2v) is 11.2. The molecule has 1 aromatic rings. The Morgan fingerprint density at radius 1 is 1.32 bits per heavy atom. The van der Waals surface area contributed by atoms with Crippen molar-refractivity contribution in [2.45, 2.75) is 56.1 Å². The lowest BCUT2D eigenvalue weighted by atomic mass is 9.87. The molecule has 2 atom stereocenters. The molecule has 2 aliphatic rings. The summed E-state index contributed by atoms with van der Waals surface area (Å²) in [5.74, 6) is -2.15. The predicted octanol–water partition coefficient (Wildman–Crippen LogP) is 3.87. The summed E-state index contributed by atoms with van der Waals surface area (Å²) in [6, 6.07) is 4.38. The number of halogens is 1. The first kappa shape index (κ1) is 21.6. The van der Waals surface area contributed by atoms with E-state index in [1.807, 2.05) is 0 Å². The number of aliphatic carboxylic acids is 1. The third-order valence-corrected chi connectivity index (χ3v) is 7.19. The van der Waals surface area contributed by atoms with Gasteiger partial charge in [-0.3, -0.25) is 4.79 Å². The van der Waals surface area contributed by atoms with Crippen molar-refractivity contribution in [2.24, 2.45) is 11.3 Å². The topological polar surface area (TPSA) is 89.9 Å². The van der Waals surface area contributed by atoms with Gasteiger partial charge in [0.1, 0.15) is 0 Å². The summed E-state index contributed by atoms with van der Waals surface area (Å²) in [7, 11) is -3.46. The van der Waals surface area contributed by atoms with Crippen molar-refractivity contribution < 1.29 is 27.8 Å². The maximum atomic E-state index is 11.9. The Hall–Kier alpha value is -1.15. The van der Waals surface area contributed by atoms with Crippen LogP contribution in [-0.4, -0.2) is 44.8 Å². The van der Waals surface area contributed by atoms with Crippen molar-refractivity contribution in [2.75, 3.05) is 19.5 Å². The van der Waals surface area contributed by atoms with Gasteiger partial charge in [-0.1, -0.05) is 31.5 Å². The maximum absolute atomic E-state index is 11.9. The largest absolute Gasteiger partial charge is 0.481 e. The zero-order chi connectivity index (χ0) is 20.7. The molecule has 2 fully saturated rings. The van der Waals surface area contributed by atoms with Gasteiger partial charge in [-0.05, 0) is 36.5 Å². The number of benzene rings is 1. The highest BCUT2D eigenvalue weighted by Crippen LogP contribution is 2.46. The molecule has 0 unspecified atom stereocenters. The summed E-state index contributed by atoms with van der Waals surface area (Å²) < 4.78 is 35.5. The van der Waals surface area contributed by atoms with Crippen LogP contribution in [0.2, 0.25) is 5.02 Å². The molecule has 1 aromatic carbocycles. The van der Waals surface area contributed by atoms with Crippen LogP contribution in [0.1, 0.15) is 51.0 Å². The standard InChI is InChI=1S/C20H27ClO6S/c1-19(2)11-26-20(27-12-19)7-6-13(10-20)8-15(18(22)23)14-4-5-17(16(21)9-14)28(3,24)25/h4-5,9,13,15H,6-8,10-12H2,1-3H3,(H,22,23)/t13-,15-/m1/s1. The molecule has 1 aliphatic heterocycles. The molecule has 8 heteroatoms. The van der Waals surface area contributed by atoms with Crippen molar-refractivity contribution in [3.8, 4) is 0 Å². The van der Waals surface area contributed by atoms with Crippen molar-refractivity contribution in [1.82, 2.24) is 0 Å². The summed E-state index contributed by atoms with van der Waals surface area (Å²) in [5, 5.41) is 9.80. The Morgan fingerprint density at radius 2 is 1.96 bits per heavy atom. The molecule has 0 amide bonds. The van der Waals surface area contributed by atoms with E-state index < -0.39 is 27.5 Å². The van der Waals surface area contributed by atoms with Gasteiger partial charge in [0.15, 0.2) is 15.6 Å². The van der Waals surface area contributed by atoms with Crippen molar-refractivity contribution in [3.05, 3.63) is 28.8 Å². The Bertz CT molecular complexity index is 853. The van der Waals surface area contributed by atoms with Gasteiger partial charge in [-0.2, -0.15) is 0 Å². The third-order valence-electron chi connectivity index (χ3n) is 5.61. The molecule has 1 N–H and O–H groups in total. The Kier molecular flexibility index (Phi) is 5.85. The van der Waals surface area contributed by atoms with E-state index in [1.165, 1.54) is 12.1 Å². The molecule has 156 valence electrons. The monoisotopic (exact) mass is 430 g/mol. The third kappa shape index (κ3) is 4.70. The summed E-state index contributed by atoms with van der Waals surface area (Å²) in [6.45, 7) is 5.45. The molecule has 1 spiro atoms. The first-order valence-corrected chi connectivity index (χ1v) is 11.7. The molecule has 0 bridgehead atoms. The fourth-order valence-corrected chi connectivity index (χ4v) is 5.35. The van der Waals surface area contributed by atoms with Crippen LogP contribution < -0.4 is 0 Å². The molecular formula is C20H27ClO6S. The van der Waals surface area contributed by atoms with Crippen molar-refractivity contribution in [1.29, 1.82) is 0 Å². The minimum atomic E-state index is -3.46. The average molecular weight is 431 g/mol. The predicted molar refractivity (Wildman–Crippen MR) is 105 cm³/mol. The molecule has 1 saturated carbocycles. The van der Waals surface area contributed by atoms with E-state index in [2.05, 4.69) is 13.8 Å². The molecule has 28 heavy (non-hydrogen) atoms. The zero-order valence-electron chi connectivity index (χ0n) is 16.4. The molecule has 0 aromatic heterocycles. The van der Waals surface area contributed by atoms with Gasteiger partial charge in [0.05, 0.1) is 29.0 Å². The SMILES string of the molecule is CC1(C)COC2(CC[C@H](C[C@@H](C(=O)O)c3ccc(S(C)(=O)=O)c(Cl)c3)C2)OC1. The molecule has 0 radical (unpaired) electrons. The number of carbonyl (C=O) groups is 1. The molecule has 1 aliphatic carbocycles. The van der Waals surface area contributed by atoms with Crippen LogP contribution in [0.5, 0.6) is 0 Å². The van der Waals surface area contributed by atoms with E-state index in [4.69, 9.17) is 21.1 Å². The number of hydrogen-bond donors (Lipinski definition) is 1. The van der Waals surface area contributed by atoms with E-state index in [0.717, 1.165) is 19.1 Å². The quantitative estimate of drug-likeness (QED) is 0.762. The lowest BCUT2D eigenvalue weighted by molar-refractivity contribution is -0.296. The highest BCUT2D eigenvalue weighted by atomic mass is 35.5. The van der Waals surface area contributed by atoms with Gasteiger partial charge in [0.2, 0.25) is 0 Å². The van der Waals surface area contributed by atoms with Crippen LogP contribution >= 0.6 is 11.6 Å². The highest BCUT2D eigenvalue weighted by Gasteiger charge is 2.46. The minimum Gasteiger partial charge on any atom is -0.481 e. The Labute approximate surface area is 171 Å². The number of hydrogen-bond acceptors (Lipinski definition) is 5. The van der Waals surface area contributed by atoms with Gasteiger partial charge in [-0.15, -0.1) is 0 Å². The molecule has 1 heterocycles. The average Bonchev–Trinajstić information content (AvgIpc) is 2.97. The van der Waals surface area contributed by atoms with Crippen LogP contribution in [0.4, 0.5) is 0 Å². The molecule has 1 saturated heterocycles.